The van der Waals surface area contributed by atoms with Gasteiger partial charge in [-0.3, -0.25) is 9.48 Å². The zero-order valence-corrected chi connectivity index (χ0v) is 11.9. The van der Waals surface area contributed by atoms with Crippen LogP contribution in [0.5, 0.6) is 0 Å². The Balaban J connectivity index is 1.87. The number of aromatic nitrogens is 2. The second-order valence-electron chi connectivity index (χ2n) is 5.47. The minimum Gasteiger partial charge on any atom is -0.350 e. The average Bonchev–Trinajstić information content (AvgIpc) is 3.23. The molecule has 4 heteroatoms. The lowest BCUT2D eigenvalue weighted by Crippen LogP contribution is -2.26. The second kappa shape index (κ2) is 5.12. The van der Waals surface area contributed by atoms with Crippen molar-refractivity contribution in [2.75, 3.05) is 6.54 Å². The summed E-state index contributed by atoms with van der Waals surface area (Å²) in [6, 6.07) is 10.0. The Morgan fingerprint density at radius 1 is 1.35 bits per heavy atom. The number of benzene rings is 1. The maximum atomic E-state index is 12.2. The van der Waals surface area contributed by atoms with Crippen LogP contribution in [0.4, 0.5) is 0 Å². The van der Waals surface area contributed by atoms with Gasteiger partial charge in [-0.1, -0.05) is 30.3 Å². The van der Waals surface area contributed by atoms with Crippen molar-refractivity contribution in [1.82, 2.24) is 15.1 Å². The SMILES string of the molecule is Cc1c(C(=O)NCC2CC2)nn(C)c1-c1ccccc1. The molecule has 1 heterocycles. The van der Waals surface area contributed by atoms with Crippen molar-refractivity contribution in [3.63, 3.8) is 0 Å². The summed E-state index contributed by atoms with van der Waals surface area (Å²) >= 11 is 0. The highest BCUT2D eigenvalue weighted by Crippen LogP contribution is 2.28. The van der Waals surface area contributed by atoms with E-state index in [-0.39, 0.29) is 5.91 Å². The van der Waals surface area contributed by atoms with Crippen molar-refractivity contribution >= 4 is 5.91 Å². The van der Waals surface area contributed by atoms with E-state index in [1.165, 1.54) is 12.8 Å². The Labute approximate surface area is 118 Å². The predicted octanol–water partition coefficient (Wildman–Crippen LogP) is 2.54. The maximum Gasteiger partial charge on any atom is 0.272 e. The molecule has 0 saturated heterocycles. The van der Waals surface area contributed by atoms with Gasteiger partial charge in [0.05, 0.1) is 5.69 Å². The van der Waals surface area contributed by atoms with Crippen LogP contribution in [0.3, 0.4) is 0 Å². The lowest BCUT2D eigenvalue weighted by Gasteiger charge is -2.03. The van der Waals surface area contributed by atoms with Crippen LogP contribution < -0.4 is 5.32 Å². The van der Waals surface area contributed by atoms with E-state index in [1.54, 1.807) is 4.68 Å². The Hall–Kier alpha value is -2.10. The smallest absolute Gasteiger partial charge is 0.272 e. The quantitative estimate of drug-likeness (QED) is 0.927. The summed E-state index contributed by atoms with van der Waals surface area (Å²) in [5.41, 5.74) is 3.56. The number of hydrogen-bond acceptors (Lipinski definition) is 2. The molecule has 1 saturated carbocycles. The fourth-order valence-corrected chi connectivity index (χ4v) is 2.49. The third-order valence-corrected chi connectivity index (χ3v) is 3.79. The van der Waals surface area contributed by atoms with Crippen LogP contribution in [0.15, 0.2) is 30.3 Å². The average molecular weight is 269 g/mol. The molecule has 0 aliphatic heterocycles. The monoisotopic (exact) mass is 269 g/mol. The molecular weight excluding hydrogens is 250 g/mol. The third-order valence-electron chi connectivity index (χ3n) is 3.79. The second-order valence-corrected chi connectivity index (χ2v) is 5.47. The standard InChI is InChI=1S/C16H19N3O/c1-11-14(16(20)17-10-12-8-9-12)18-19(2)15(11)13-6-4-3-5-7-13/h3-7,12H,8-10H2,1-2H3,(H,17,20). The number of carbonyl (C=O) groups excluding carboxylic acids is 1. The molecular formula is C16H19N3O. The Morgan fingerprint density at radius 2 is 2.05 bits per heavy atom. The van der Waals surface area contributed by atoms with Crippen molar-refractivity contribution in [2.45, 2.75) is 19.8 Å². The zero-order valence-electron chi connectivity index (χ0n) is 11.9. The Bertz CT molecular complexity index is 627. The van der Waals surface area contributed by atoms with Crippen LogP contribution in [-0.4, -0.2) is 22.2 Å². The number of nitrogens with one attached hydrogen (secondary N) is 1. The molecule has 20 heavy (non-hydrogen) atoms. The van der Waals surface area contributed by atoms with Gasteiger partial charge in [0, 0.05) is 24.7 Å². The van der Waals surface area contributed by atoms with Gasteiger partial charge in [0.25, 0.3) is 5.91 Å². The molecule has 4 nitrogen and oxygen atoms in total. The number of hydrogen-bond donors (Lipinski definition) is 1. The molecule has 2 aromatic rings. The molecule has 1 aliphatic rings. The molecule has 0 bridgehead atoms. The van der Waals surface area contributed by atoms with Crippen molar-refractivity contribution in [1.29, 1.82) is 0 Å². The molecule has 1 aromatic heterocycles. The van der Waals surface area contributed by atoms with Crippen LogP contribution >= 0.6 is 0 Å². The number of amides is 1. The minimum absolute atomic E-state index is 0.0628. The first-order valence-electron chi connectivity index (χ1n) is 7.04. The molecule has 1 aliphatic carbocycles. The van der Waals surface area contributed by atoms with Gasteiger partial charge >= 0.3 is 0 Å². The van der Waals surface area contributed by atoms with Crippen LogP contribution in [0.25, 0.3) is 11.3 Å². The molecule has 0 spiro atoms. The summed E-state index contributed by atoms with van der Waals surface area (Å²) in [7, 11) is 1.88. The zero-order chi connectivity index (χ0) is 14.1. The fraction of sp³-hybridized carbons (Fsp3) is 0.375. The van der Waals surface area contributed by atoms with Crippen molar-refractivity contribution in [2.24, 2.45) is 13.0 Å². The molecule has 3 rings (SSSR count). The van der Waals surface area contributed by atoms with E-state index in [0.717, 1.165) is 23.4 Å². The number of aryl methyl sites for hydroxylation is 1. The van der Waals surface area contributed by atoms with Crippen LogP contribution in [0, 0.1) is 12.8 Å². The predicted molar refractivity (Wildman–Crippen MR) is 78.4 cm³/mol. The van der Waals surface area contributed by atoms with Gasteiger partial charge in [0.15, 0.2) is 5.69 Å². The minimum atomic E-state index is -0.0628. The Kier molecular flexibility index (Phi) is 3.30. The van der Waals surface area contributed by atoms with Crippen LogP contribution in [0.2, 0.25) is 0 Å². The summed E-state index contributed by atoms with van der Waals surface area (Å²) in [6.45, 7) is 2.73. The first kappa shape index (κ1) is 12.9. The van der Waals surface area contributed by atoms with Crippen molar-refractivity contribution in [3.05, 3.63) is 41.6 Å². The molecule has 1 N–H and O–H groups in total. The molecule has 0 unspecified atom stereocenters. The normalized spacial score (nSPS) is 14.3. The van der Waals surface area contributed by atoms with Gasteiger partial charge in [0.1, 0.15) is 0 Å². The summed E-state index contributed by atoms with van der Waals surface area (Å²) < 4.78 is 1.79. The highest BCUT2D eigenvalue weighted by Gasteiger charge is 2.24. The largest absolute Gasteiger partial charge is 0.350 e. The lowest BCUT2D eigenvalue weighted by atomic mass is 10.1. The van der Waals surface area contributed by atoms with E-state index < -0.39 is 0 Å². The number of rotatable bonds is 4. The molecule has 104 valence electrons. The molecule has 1 fully saturated rings. The summed E-state index contributed by atoms with van der Waals surface area (Å²) in [5.74, 6) is 0.615. The molecule has 0 radical (unpaired) electrons. The van der Waals surface area contributed by atoms with E-state index >= 15 is 0 Å². The van der Waals surface area contributed by atoms with E-state index in [4.69, 9.17) is 0 Å². The van der Waals surface area contributed by atoms with Crippen molar-refractivity contribution < 1.29 is 4.79 Å². The third kappa shape index (κ3) is 2.46. The van der Waals surface area contributed by atoms with E-state index in [2.05, 4.69) is 10.4 Å². The number of carbonyl (C=O) groups is 1. The fourth-order valence-electron chi connectivity index (χ4n) is 2.49. The van der Waals surface area contributed by atoms with Gasteiger partial charge in [-0.05, 0) is 25.7 Å². The summed E-state index contributed by atoms with van der Waals surface area (Å²) in [4.78, 5) is 12.2. The number of nitrogens with zero attached hydrogens (tertiary/aromatic N) is 2. The molecule has 1 amide bonds. The highest BCUT2D eigenvalue weighted by molar-refractivity contribution is 5.95. The van der Waals surface area contributed by atoms with Crippen LogP contribution in [0.1, 0.15) is 28.9 Å². The Morgan fingerprint density at radius 3 is 2.70 bits per heavy atom. The van der Waals surface area contributed by atoms with E-state index in [1.807, 2.05) is 44.3 Å². The topological polar surface area (TPSA) is 46.9 Å². The summed E-state index contributed by atoms with van der Waals surface area (Å²) in [6.07, 6.45) is 2.47. The van der Waals surface area contributed by atoms with E-state index in [9.17, 15) is 4.79 Å². The van der Waals surface area contributed by atoms with Gasteiger partial charge < -0.3 is 5.32 Å². The van der Waals surface area contributed by atoms with Gasteiger partial charge in [0.2, 0.25) is 0 Å². The first-order valence-corrected chi connectivity index (χ1v) is 7.04. The first-order chi connectivity index (χ1) is 9.66. The van der Waals surface area contributed by atoms with Gasteiger partial charge in [-0.15, -0.1) is 0 Å². The van der Waals surface area contributed by atoms with Crippen LogP contribution in [-0.2, 0) is 7.05 Å². The summed E-state index contributed by atoms with van der Waals surface area (Å²) in [5, 5.41) is 7.37. The van der Waals surface area contributed by atoms with Gasteiger partial charge in [-0.25, -0.2) is 0 Å². The van der Waals surface area contributed by atoms with Crippen molar-refractivity contribution in [3.8, 4) is 11.3 Å². The lowest BCUT2D eigenvalue weighted by molar-refractivity contribution is 0.0945. The van der Waals surface area contributed by atoms with Gasteiger partial charge in [-0.2, -0.15) is 5.10 Å². The molecule has 0 atom stereocenters. The highest BCUT2D eigenvalue weighted by atomic mass is 16.1. The molecule has 1 aromatic carbocycles. The van der Waals surface area contributed by atoms with E-state index in [0.29, 0.717) is 11.6 Å². The maximum absolute atomic E-state index is 12.2.